The van der Waals surface area contributed by atoms with Crippen LogP contribution in [-0.2, 0) is 14.3 Å². The van der Waals surface area contributed by atoms with Gasteiger partial charge in [-0.15, -0.1) is 0 Å². The first kappa shape index (κ1) is 14.9. The second-order valence-corrected chi connectivity index (χ2v) is 4.86. The number of carbonyl (C=O) groups excluding carboxylic acids is 2. The minimum absolute atomic E-state index is 0.0876. The molecule has 0 aliphatic carbocycles. The number of piperidine rings is 1. The van der Waals surface area contributed by atoms with Crippen molar-refractivity contribution in [2.24, 2.45) is 5.73 Å². The fourth-order valence-corrected chi connectivity index (χ4v) is 2.07. The van der Waals surface area contributed by atoms with Crippen LogP contribution in [0.5, 0.6) is 0 Å². The normalized spacial score (nSPS) is 20.5. The van der Waals surface area contributed by atoms with Gasteiger partial charge in [-0.05, 0) is 12.8 Å². The van der Waals surface area contributed by atoms with Crippen LogP contribution >= 0.6 is 0 Å². The molecule has 1 heterocycles. The molecule has 0 saturated carbocycles. The van der Waals surface area contributed by atoms with Crippen LogP contribution in [0.25, 0.3) is 0 Å². The first-order chi connectivity index (χ1) is 8.50. The van der Waals surface area contributed by atoms with Crippen LogP contribution < -0.4 is 11.1 Å². The quantitative estimate of drug-likeness (QED) is 0.601. The Morgan fingerprint density at radius 1 is 1.61 bits per heavy atom. The topological polar surface area (TPSA) is 84.7 Å². The highest BCUT2D eigenvalue weighted by Gasteiger charge is 2.28. The van der Waals surface area contributed by atoms with Gasteiger partial charge >= 0.3 is 0 Å². The van der Waals surface area contributed by atoms with Gasteiger partial charge in [0, 0.05) is 19.1 Å². The number of likely N-dealkylation sites (tertiary alicyclic amines) is 1. The summed E-state index contributed by atoms with van der Waals surface area (Å²) in [5, 5.41) is 3.26. The standard InChI is InChI=1S/C12H23N3O3/c1-9(2)14-10-4-3-5-15(12(10)17)6-7-18-8-11(13)16/h9-10,14H,3-8H2,1-2H3,(H2,13,16). The molecule has 6 nitrogen and oxygen atoms in total. The molecule has 0 aromatic carbocycles. The number of nitrogens with two attached hydrogens (primary N) is 1. The van der Waals surface area contributed by atoms with Crippen LogP contribution in [0.3, 0.4) is 0 Å². The summed E-state index contributed by atoms with van der Waals surface area (Å²) < 4.78 is 5.07. The zero-order valence-corrected chi connectivity index (χ0v) is 11.1. The van der Waals surface area contributed by atoms with Crippen molar-refractivity contribution in [2.45, 2.75) is 38.8 Å². The molecule has 1 atom stereocenters. The molecule has 0 radical (unpaired) electrons. The van der Waals surface area contributed by atoms with Gasteiger partial charge in [0.1, 0.15) is 6.61 Å². The summed E-state index contributed by atoms with van der Waals surface area (Å²) in [6.07, 6.45) is 1.88. The SMILES string of the molecule is CC(C)NC1CCCN(CCOCC(N)=O)C1=O. The highest BCUT2D eigenvalue weighted by molar-refractivity contribution is 5.82. The molecular formula is C12H23N3O3. The zero-order valence-electron chi connectivity index (χ0n) is 11.1. The lowest BCUT2D eigenvalue weighted by Gasteiger charge is -2.33. The Bertz CT molecular complexity index is 294. The third-order valence-electron chi connectivity index (χ3n) is 2.81. The molecule has 6 heteroatoms. The number of amides is 2. The van der Waals surface area contributed by atoms with Crippen LogP contribution in [0.2, 0.25) is 0 Å². The predicted octanol–water partition coefficient (Wildman–Crippen LogP) is -0.523. The fraction of sp³-hybridized carbons (Fsp3) is 0.833. The first-order valence-corrected chi connectivity index (χ1v) is 6.41. The highest BCUT2D eigenvalue weighted by atomic mass is 16.5. The van der Waals surface area contributed by atoms with E-state index in [9.17, 15) is 9.59 Å². The second-order valence-electron chi connectivity index (χ2n) is 4.86. The maximum atomic E-state index is 12.1. The van der Waals surface area contributed by atoms with E-state index in [1.54, 1.807) is 4.90 Å². The number of nitrogens with one attached hydrogen (secondary N) is 1. The maximum absolute atomic E-state index is 12.1. The average molecular weight is 257 g/mol. The lowest BCUT2D eigenvalue weighted by molar-refractivity contribution is -0.137. The minimum atomic E-state index is -0.487. The van der Waals surface area contributed by atoms with Crippen molar-refractivity contribution in [1.82, 2.24) is 10.2 Å². The van der Waals surface area contributed by atoms with Crippen LogP contribution in [0.4, 0.5) is 0 Å². The van der Waals surface area contributed by atoms with Crippen molar-refractivity contribution >= 4 is 11.8 Å². The van der Waals surface area contributed by atoms with Crippen LogP contribution in [0, 0.1) is 0 Å². The number of nitrogens with zero attached hydrogens (tertiary/aromatic N) is 1. The molecule has 1 aliphatic rings. The summed E-state index contributed by atoms with van der Waals surface area (Å²) in [7, 11) is 0. The van der Waals surface area contributed by atoms with Crippen molar-refractivity contribution in [2.75, 3.05) is 26.3 Å². The molecular weight excluding hydrogens is 234 g/mol. The van der Waals surface area contributed by atoms with E-state index in [4.69, 9.17) is 10.5 Å². The number of rotatable bonds is 7. The van der Waals surface area contributed by atoms with Crippen molar-refractivity contribution < 1.29 is 14.3 Å². The largest absolute Gasteiger partial charge is 0.370 e. The molecule has 1 aliphatic heterocycles. The van der Waals surface area contributed by atoms with Gasteiger partial charge in [-0.2, -0.15) is 0 Å². The van der Waals surface area contributed by atoms with Gasteiger partial charge in [0.05, 0.1) is 12.6 Å². The van der Waals surface area contributed by atoms with Crippen molar-refractivity contribution in [3.8, 4) is 0 Å². The summed E-state index contributed by atoms with van der Waals surface area (Å²) >= 11 is 0. The third kappa shape index (κ3) is 5.01. The van der Waals surface area contributed by atoms with Gasteiger partial charge in [0.25, 0.3) is 0 Å². The molecule has 2 amide bonds. The number of hydrogen-bond acceptors (Lipinski definition) is 4. The Kier molecular flexibility index (Phi) is 6.07. The van der Waals surface area contributed by atoms with Crippen LogP contribution in [0.15, 0.2) is 0 Å². The van der Waals surface area contributed by atoms with Gasteiger partial charge in [-0.1, -0.05) is 13.8 Å². The minimum Gasteiger partial charge on any atom is -0.370 e. The molecule has 1 rings (SSSR count). The third-order valence-corrected chi connectivity index (χ3v) is 2.81. The molecule has 1 saturated heterocycles. The summed E-state index contributed by atoms with van der Waals surface area (Å²) in [4.78, 5) is 24.4. The van der Waals surface area contributed by atoms with Gasteiger partial charge in [0.15, 0.2) is 0 Å². The van der Waals surface area contributed by atoms with E-state index in [-0.39, 0.29) is 18.6 Å². The van der Waals surface area contributed by atoms with Gasteiger partial charge in [-0.3, -0.25) is 9.59 Å². The lowest BCUT2D eigenvalue weighted by Crippen LogP contribution is -2.53. The van der Waals surface area contributed by atoms with E-state index in [2.05, 4.69) is 5.32 Å². The Balaban J connectivity index is 2.32. The average Bonchev–Trinajstić information content (AvgIpc) is 2.28. The summed E-state index contributed by atoms with van der Waals surface area (Å²) in [6.45, 7) is 5.60. The molecule has 1 fully saturated rings. The highest BCUT2D eigenvalue weighted by Crippen LogP contribution is 2.12. The molecule has 1 unspecified atom stereocenters. The Labute approximate surface area is 108 Å². The Morgan fingerprint density at radius 2 is 2.33 bits per heavy atom. The van der Waals surface area contributed by atoms with E-state index in [1.165, 1.54) is 0 Å². The monoisotopic (exact) mass is 257 g/mol. The van der Waals surface area contributed by atoms with Crippen molar-refractivity contribution in [3.63, 3.8) is 0 Å². The molecule has 18 heavy (non-hydrogen) atoms. The van der Waals surface area contributed by atoms with E-state index < -0.39 is 5.91 Å². The number of hydrogen-bond donors (Lipinski definition) is 2. The van der Waals surface area contributed by atoms with Crippen molar-refractivity contribution in [3.05, 3.63) is 0 Å². The number of carbonyl (C=O) groups is 2. The summed E-state index contributed by atoms with van der Waals surface area (Å²) in [5.41, 5.74) is 4.96. The number of ether oxygens (including phenoxy) is 1. The van der Waals surface area contributed by atoms with E-state index in [0.717, 1.165) is 19.4 Å². The van der Waals surface area contributed by atoms with Crippen LogP contribution in [-0.4, -0.2) is 55.1 Å². The van der Waals surface area contributed by atoms with Gasteiger partial charge < -0.3 is 20.7 Å². The maximum Gasteiger partial charge on any atom is 0.243 e. The van der Waals surface area contributed by atoms with Gasteiger partial charge in [0.2, 0.25) is 11.8 Å². The van der Waals surface area contributed by atoms with E-state index >= 15 is 0 Å². The Hall–Kier alpha value is -1.14. The molecule has 104 valence electrons. The van der Waals surface area contributed by atoms with E-state index in [1.807, 2.05) is 13.8 Å². The van der Waals surface area contributed by atoms with Crippen molar-refractivity contribution in [1.29, 1.82) is 0 Å². The second kappa shape index (κ2) is 7.33. The van der Waals surface area contributed by atoms with E-state index in [0.29, 0.717) is 19.2 Å². The molecule has 0 bridgehead atoms. The van der Waals surface area contributed by atoms with Crippen LogP contribution in [0.1, 0.15) is 26.7 Å². The first-order valence-electron chi connectivity index (χ1n) is 6.41. The fourth-order valence-electron chi connectivity index (χ4n) is 2.07. The Morgan fingerprint density at radius 3 is 2.94 bits per heavy atom. The molecule has 0 spiro atoms. The summed E-state index contributed by atoms with van der Waals surface area (Å²) in [6, 6.07) is 0.208. The predicted molar refractivity (Wildman–Crippen MR) is 67.9 cm³/mol. The number of primary amides is 1. The van der Waals surface area contributed by atoms with Gasteiger partial charge in [-0.25, -0.2) is 0 Å². The molecule has 0 aromatic rings. The smallest absolute Gasteiger partial charge is 0.243 e. The lowest BCUT2D eigenvalue weighted by atomic mass is 10.0. The zero-order chi connectivity index (χ0) is 13.5. The summed E-state index contributed by atoms with van der Waals surface area (Å²) in [5.74, 6) is -0.364. The molecule has 0 aromatic heterocycles. The molecule has 3 N–H and O–H groups in total.